The Kier molecular flexibility index (Phi) is 6.09. The number of H-pyrrole nitrogens is 1. The van der Waals surface area contributed by atoms with E-state index in [9.17, 15) is 4.79 Å². The summed E-state index contributed by atoms with van der Waals surface area (Å²) in [4.78, 5) is 19.1. The number of hydrogen-bond acceptors (Lipinski definition) is 5. The lowest BCUT2D eigenvalue weighted by Crippen LogP contribution is -2.41. The molecule has 0 spiro atoms. The van der Waals surface area contributed by atoms with Gasteiger partial charge < -0.3 is 9.64 Å². The topological polar surface area (TPSA) is 71.1 Å². The van der Waals surface area contributed by atoms with Gasteiger partial charge in [-0.3, -0.25) is 9.89 Å². The fourth-order valence-electron chi connectivity index (χ4n) is 2.98. The van der Waals surface area contributed by atoms with Gasteiger partial charge in [0.2, 0.25) is 11.1 Å². The highest BCUT2D eigenvalue weighted by Gasteiger charge is 2.26. The van der Waals surface area contributed by atoms with Gasteiger partial charge in [-0.15, -0.1) is 5.10 Å². The molecule has 0 radical (unpaired) electrons. The van der Waals surface area contributed by atoms with E-state index in [1.165, 1.54) is 11.8 Å². The van der Waals surface area contributed by atoms with Gasteiger partial charge in [0.25, 0.3) is 0 Å². The number of piperidine rings is 1. The molecule has 2 heterocycles. The van der Waals surface area contributed by atoms with Crippen molar-refractivity contribution in [1.82, 2.24) is 20.1 Å². The Hall–Kier alpha value is -1.73. The molecule has 1 N–H and O–H groups in total. The van der Waals surface area contributed by atoms with Crippen molar-refractivity contribution in [3.05, 3.63) is 23.2 Å². The van der Waals surface area contributed by atoms with Crippen LogP contribution in [0.2, 0.25) is 5.02 Å². The van der Waals surface area contributed by atoms with E-state index >= 15 is 0 Å². The van der Waals surface area contributed by atoms with Crippen molar-refractivity contribution in [3.63, 3.8) is 0 Å². The zero-order chi connectivity index (χ0) is 18.7. The number of likely N-dealkylation sites (tertiary alicyclic amines) is 1. The number of carbonyl (C=O) groups excluding carboxylic acids is 1. The standard InChI is InChI=1S/C18H23ClN4O2S/c1-11-6-8-23(9-7-11)17(24)12(2)26-18-20-16(21-22-18)14-10-13(19)4-5-15(14)25-3/h4-5,10-12H,6-9H2,1-3H3,(H,20,21,22). The molecular weight excluding hydrogens is 372 g/mol. The Morgan fingerprint density at radius 1 is 1.42 bits per heavy atom. The minimum atomic E-state index is -0.228. The number of aromatic nitrogens is 3. The van der Waals surface area contributed by atoms with Crippen LogP contribution in [0.4, 0.5) is 0 Å². The maximum absolute atomic E-state index is 12.6. The first kappa shape index (κ1) is 19.0. The Labute approximate surface area is 162 Å². The fraction of sp³-hybridized carbons (Fsp3) is 0.500. The fourth-order valence-corrected chi connectivity index (χ4v) is 3.96. The third-order valence-corrected chi connectivity index (χ3v) is 5.79. The van der Waals surface area contributed by atoms with E-state index in [4.69, 9.17) is 16.3 Å². The molecule has 1 aliphatic heterocycles. The van der Waals surface area contributed by atoms with Crippen LogP contribution in [-0.4, -0.2) is 51.4 Å². The van der Waals surface area contributed by atoms with Crippen LogP contribution in [0, 0.1) is 5.92 Å². The summed E-state index contributed by atoms with van der Waals surface area (Å²) in [5.41, 5.74) is 0.739. The third-order valence-electron chi connectivity index (χ3n) is 4.61. The number of nitrogens with zero attached hydrogens (tertiary/aromatic N) is 3. The molecule has 0 bridgehead atoms. The third kappa shape index (κ3) is 4.32. The molecule has 1 aromatic heterocycles. The molecule has 0 saturated carbocycles. The molecule has 1 fully saturated rings. The second-order valence-electron chi connectivity index (χ2n) is 6.58. The molecule has 2 aromatic rings. The largest absolute Gasteiger partial charge is 0.496 e. The lowest BCUT2D eigenvalue weighted by atomic mass is 9.99. The summed E-state index contributed by atoms with van der Waals surface area (Å²) in [5.74, 6) is 2.07. The highest BCUT2D eigenvalue weighted by molar-refractivity contribution is 8.00. The first-order valence-corrected chi connectivity index (χ1v) is 9.95. The maximum atomic E-state index is 12.6. The van der Waals surface area contributed by atoms with E-state index in [2.05, 4.69) is 22.1 Å². The second kappa shape index (κ2) is 8.31. The Morgan fingerprint density at radius 2 is 2.15 bits per heavy atom. The van der Waals surface area contributed by atoms with Crippen molar-refractivity contribution in [2.75, 3.05) is 20.2 Å². The van der Waals surface area contributed by atoms with Gasteiger partial charge in [-0.25, -0.2) is 4.98 Å². The highest BCUT2D eigenvalue weighted by atomic mass is 35.5. The Balaban J connectivity index is 1.68. The number of rotatable bonds is 5. The van der Waals surface area contributed by atoms with E-state index in [0.29, 0.717) is 27.7 Å². The molecule has 26 heavy (non-hydrogen) atoms. The zero-order valence-electron chi connectivity index (χ0n) is 15.2. The summed E-state index contributed by atoms with van der Waals surface area (Å²) in [6, 6.07) is 5.32. The molecular formula is C18H23ClN4O2S. The number of aromatic amines is 1. The Bertz CT molecular complexity index is 774. The number of hydrogen-bond donors (Lipinski definition) is 1. The van der Waals surface area contributed by atoms with Gasteiger partial charge in [0.05, 0.1) is 17.9 Å². The van der Waals surface area contributed by atoms with E-state index < -0.39 is 0 Å². The quantitative estimate of drug-likeness (QED) is 0.779. The maximum Gasteiger partial charge on any atom is 0.235 e. The van der Waals surface area contributed by atoms with Crippen LogP contribution in [0.3, 0.4) is 0 Å². The monoisotopic (exact) mass is 394 g/mol. The summed E-state index contributed by atoms with van der Waals surface area (Å²) in [6.45, 7) is 5.81. The van der Waals surface area contributed by atoms with Crippen molar-refractivity contribution >= 4 is 29.3 Å². The summed E-state index contributed by atoms with van der Waals surface area (Å²) in [5, 5.41) is 8.04. The predicted molar refractivity (Wildman–Crippen MR) is 104 cm³/mol. The van der Waals surface area contributed by atoms with Gasteiger partial charge in [0.15, 0.2) is 5.82 Å². The molecule has 1 unspecified atom stereocenters. The van der Waals surface area contributed by atoms with E-state index in [1.807, 2.05) is 11.8 Å². The highest BCUT2D eigenvalue weighted by Crippen LogP contribution is 2.32. The van der Waals surface area contributed by atoms with Crippen molar-refractivity contribution in [1.29, 1.82) is 0 Å². The summed E-state index contributed by atoms with van der Waals surface area (Å²) < 4.78 is 5.36. The number of carbonyl (C=O) groups is 1. The number of ether oxygens (including phenoxy) is 1. The molecule has 6 nitrogen and oxygen atoms in total. The number of halogens is 1. The Morgan fingerprint density at radius 3 is 2.85 bits per heavy atom. The van der Waals surface area contributed by atoms with Crippen molar-refractivity contribution in [2.45, 2.75) is 37.1 Å². The molecule has 1 amide bonds. The molecule has 1 atom stereocenters. The summed E-state index contributed by atoms with van der Waals surface area (Å²) in [7, 11) is 1.60. The van der Waals surface area contributed by atoms with Crippen LogP contribution in [0.5, 0.6) is 5.75 Å². The lowest BCUT2D eigenvalue weighted by Gasteiger charge is -2.31. The molecule has 1 aliphatic rings. The van der Waals surface area contributed by atoms with Gasteiger partial charge in [0.1, 0.15) is 5.75 Å². The van der Waals surface area contributed by atoms with Crippen LogP contribution >= 0.6 is 23.4 Å². The first-order valence-electron chi connectivity index (χ1n) is 8.69. The smallest absolute Gasteiger partial charge is 0.235 e. The van der Waals surface area contributed by atoms with Crippen molar-refractivity contribution in [3.8, 4) is 17.1 Å². The van der Waals surface area contributed by atoms with Crippen molar-refractivity contribution < 1.29 is 9.53 Å². The molecule has 1 saturated heterocycles. The summed E-state index contributed by atoms with van der Waals surface area (Å²) >= 11 is 7.44. The van der Waals surface area contributed by atoms with Crippen LogP contribution < -0.4 is 4.74 Å². The number of thioether (sulfide) groups is 1. The zero-order valence-corrected chi connectivity index (χ0v) is 16.7. The lowest BCUT2D eigenvalue weighted by molar-refractivity contribution is -0.131. The van der Waals surface area contributed by atoms with Crippen LogP contribution in [-0.2, 0) is 4.79 Å². The molecule has 140 valence electrons. The SMILES string of the molecule is COc1ccc(Cl)cc1-c1nc(SC(C)C(=O)N2CCC(C)CC2)n[nH]1. The van der Waals surface area contributed by atoms with Crippen LogP contribution in [0.15, 0.2) is 23.4 Å². The average Bonchev–Trinajstić information content (AvgIpc) is 3.10. The van der Waals surface area contributed by atoms with E-state index in [-0.39, 0.29) is 11.2 Å². The van der Waals surface area contributed by atoms with Crippen molar-refractivity contribution in [2.24, 2.45) is 5.92 Å². The second-order valence-corrected chi connectivity index (χ2v) is 8.32. The van der Waals surface area contributed by atoms with Crippen LogP contribution in [0.1, 0.15) is 26.7 Å². The van der Waals surface area contributed by atoms with E-state index in [1.54, 1.807) is 25.3 Å². The molecule has 1 aromatic carbocycles. The molecule has 8 heteroatoms. The van der Waals surface area contributed by atoms with Crippen LogP contribution in [0.25, 0.3) is 11.4 Å². The number of amides is 1. The number of benzene rings is 1. The molecule has 3 rings (SSSR count). The number of methoxy groups -OCH3 is 1. The first-order chi connectivity index (χ1) is 12.5. The van der Waals surface area contributed by atoms with E-state index in [0.717, 1.165) is 31.5 Å². The molecule has 0 aliphatic carbocycles. The average molecular weight is 395 g/mol. The van der Waals surface area contributed by atoms with Gasteiger partial charge in [-0.2, -0.15) is 0 Å². The van der Waals surface area contributed by atoms with Gasteiger partial charge in [-0.05, 0) is 43.9 Å². The minimum absolute atomic E-state index is 0.147. The number of nitrogens with one attached hydrogen (secondary N) is 1. The predicted octanol–water partition coefficient (Wildman–Crippen LogP) is 3.87. The normalized spacial score (nSPS) is 16.5. The minimum Gasteiger partial charge on any atom is -0.496 e. The van der Waals surface area contributed by atoms with Gasteiger partial charge in [-0.1, -0.05) is 30.3 Å². The van der Waals surface area contributed by atoms with Gasteiger partial charge >= 0.3 is 0 Å². The van der Waals surface area contributed by atoms with Gasteiger partial charge in [0, 0.05) is 18.1 Å². The summed E-state index contributed by atoms with van der Waals surface area (Å²) in [6.07, 6.45) is 2.14.